The zero-order valence-electron chi connectivity index (χ0n) is 14.1. The maximum absolute atomic E-state index is 12.5. The molecule has 0 spiro atoms. The first kappa shape index (κ1) is 16.5. The normalized spacial score (nSPS) is 15.2. The number of hydrogen-bond donors (Lipinski definition) is 1. The van der Waals surface area contributed by atoms with Crippen molar-refractivity contribution in [2.75, 3.05) is 7.11 Å². The summed E-state index contributed by atoms with van der Waals surface area (Å²) >= 11 is 0. The molecule has 128 valence electrons. The minimum atomic E-state index is -0.283. The lowest BCUT2D eigenvalue weighted by atomic mass is 10.1. The van der Waals surface area contributed by atoms with Gasteiger partial charge in [0, 0.05) is 12.5 Å². The fourth-order valence-electron chi connectivity index (χ4n) is 3.06. The third-order valence-corrected chi connectivity index (χ3v) is 4.50. The number of nitrogens with zero attached hydrogens (tertiary/aromatic N) is 2. The molecule has 1 unspecified atom stereocenters. The van der Waals surface area contributed by atoms with Crippen molar-refractivity contribution in [2.24, 2.45) is 5.92 Å². The molecule has 24 heavy (non-hydrogen) atoms. The van der Waals surface area contributed by atoms with Gasteiger partial charge in [-0.1, -0.05) is 19.1 Å². The topological polar surface area (TPSA) is 73.2 Å². The molecule has 1 aromatic carbocycles. The van der Waals surface area contributed by atoms with Gasteiger partial charge in [0.15, 0.2) is 0 Å². The van der Waals surface area contributed by atoms with Gasteiger partial charge in [0.05, 0.1) is 24.6 Å². The van der Waals surface area contributed by atoms with Crippen molar-refractivity contribution in [3.8, 4) is 0 Å². The third kappa shape index (κ3) is 3.58. The maximum Gasteiger partial charge on any atom is 0.307 e. The summed E-state index contributed by atoms with van der Waals surface area (Å²) in [6.45, 7) is 2.24. The Kier molecular flexibility index (Phi) is 4.83. The van der Waals surface area contributed by atoms with Gasteiger partial charge in [-0.3, -0.25) is 9.59 Å². The Bertz CT molecular complexity index is 749. The molecule has 1 saturated carbocycles. The van der Waals surface area contributed by atoms with Crippen molar-refractivity contribution < 1.29 is 14.3 Å². The van der Waals surface area contributed by atoms with Crippen LogP contribution in [0, 0.1) is 5.92 Å². The number of fused-ring (bicyclic) bond motifs is 1. The quantitative estimate of drug-likeness (QED) is 0.789. The second-order valence-electron chi connectivity index (χ2n) is 6.25. The van der Waals surface area contributed by atoms with Crippen LogP contribution in [-0.4, -0.2) is 34.6 Å². The number of esters is 1. The predicted molar refractivity (Wildman–Crippen MR) is 90.4 cm³/mol. The average molecular weight is 329 g/mol. The van der Waals surface area contributed by atoms with E-state index in [2.05, 4.69) is 10.3 Å². The fraction of sp³-hybridized carbons (Fsp3) is 0.500. The summed E-state index contributed by atoms with van der Waals surface area (Å²) in [6.07, 6.45) is 3.10. The molecule has 6 nitrogen and oxygen atoms in total. The summed E-state index contributed by atoms with van der Waals surface area (Å²) in [5.74, 6) is 0.906. The molecule has 1 aromatic heterocycles. The number of ether oxygens (including phenoxy) is 1. The highest BCUT2D eigenvalue weighted by Gasteiger charge is 2.34. The second-order valence-corrected chi connectivity index (χ2v) is 6.25. The maximum atomic E-state index is 12.5. The first-order valence-corrected chi connectivity index (χ1v) is 8.42. The van der Waals surface area contributed by atoms with Crippen molar-refractivity contribution in [3.63, 3.8) is 0 Å². The summed E-state index contributed by atoms with van der Waals surface area (Å²) in [7, 11) is 1.37. The van der Waals surface area contributed by atoms with Crippen molar-refractivity contribution in [3.05, 3.63) is 30.1 Å². The molecule has 0 bridgehead atoms. The zero-order chi connectivity index (χ0) is 17.1. The molecule has 1 aliphatic rings. The van der Waals surface area contributed by atoms with Crippen LogP contribution in [0.3, 0.4) is 0 Å². The number of aryl methyl sites for hydroxylation is 1. The summed E-state index contributed by atoms with van der Waals surface area (Å²) in [5.41, 5.74) is 1.86. The zero-order valence-corrected chi connectivity index (χ0v) is 14.1. The van der Waals surface area contributed by atoms with Crippen molar-refractivity contribution in [1.29, 1.82) is 0 Å². The van der Waals surface area contributed by atoms with Crippen LogP contribution in [0.4, 0.5) is 0 Å². The van der Waals surface area contributed by atoms with Crippen molar-refractivity contribution in [1.82, 2.24) is 14.9 Å². The van der Waals surface area contributed by atoms with E-state index in [0.29, 0.717) is 5.92 Å². The van der Waals surface area contributed by atoms with Gasteiger partial charge in [-0.05, 0) is 30.9 Å². The van der Waals surface area contributed by atoms with Gasteiger partial charge in [-0.2, -0.15) is 0 Å². The Hall–Kier alpha value is -2.37. The first-order chi connectivity index (χ1) is 11.6. The van der Waals surface area contributed by atoms with Crippen LogP contribution in [0.25, 0.3) is 11.0 Å². The van der Waals surface area contributed by atoms with E-state index < -0.39 is 0 Å². The second kappa shape index (κ2) is 7.03. The molecule has 0 aliphatic heterocycles. The molecule has 1 N–H and O–H groups in total. The number of aromatic nitrogens is 2. The molecule has 3 rings (SSSR count). The van der Waals surface area contributed by atoms with Crippen LogP contribution in [-0.2, 0) is 27.3 Å². The standard InChI is InChI=1S/C18H23N3O3/c1-3-16-19-13-6-4-5-7-15(13)21(16)11-17(22)20-14(12-8-9-12)10-18(23)24-2/h4-7,12,14H,3,8-11H2,1-2H3,(H,20,22). The largest absolute Gasteiger partial charge is 0.469 e. The van der Waals surface area contributed by atoms with Crippen LogP contribution < -0.4 is 5.32 Å². The number of amides is 1. The molecule has 1 amide bonds. The SMILES string of the molecule is CCc1nc2ccccc2n1CC(=O)NC(CC(=O)OC)C1CC1. The van der Waals surface area contributed by atoms with Crippen LogP contribution >= 0.6 is 0 Å². The van der Waals surface area contributed by atoms with E-state index in [0.717, 1.165) is 36.1 Å². The Labute approximate surface area is 141 Å². The number of para-hydroxylation sites is 2. The van der Waals surface area contributed by atoms with E-state index in [9.17, 15) is 9.59 Å². The molecule has 0 saturated heterocycles. The summed E-state index contributed by atoms with van der Waals surface area (Å²) < 4.78 is 6.69. The van der Waals surface area contributed by atoms with Gasteiger partial charge in [-0.25, -0.2) is 4.98 Å². The summed E-state index contributed by atoms with van der Waals surface area (Å²) in [6, 6.07) is 7.68. The van der Waals surface area contributed by atoms with Gasteiger partial charge in [0.2, 0.25) is 5.91 Å². The Morgan fingerprint density at radius 3 is 2.79 bits per heavy atom. The Morgan fingerprint density at radius 1 is 1.38 bits per heavy atom. The molecular weight excluding hydrogens is 306 g/mol. The molecular formula is C18H23N3O3. The number of benzene rings is 1. The number of nitrogens with one attached hydrogen (secondary N) is 1. The first-order valence-electron chi connectivity index (χ1n) is 8.42. The van der Waals surface area contributed by atoms with Gasteiger partial charge in [0.1, 0.15) is 12.4 Å². The molecule has 0 radical (unpaired) electrons. The van der Waals surface area contributed by atoms with E-state index in [1.165, 1.54) is 7.11 Å². The van der Waals surface area contributed by atoms with E-state index >= 15 is 0 Å². The molecule has 6 heteroatoms. The van der Waals surface area contributed by atoms with E-state index in [1.54, 1.807) is 0 Å². The number of carbonyl (C=O) groups excluding carboxylic acids is 2. The minimum Gasteiger partial charge on any atom is -0.469 e. The van der Waals surface area contributed by atoms with Crippen molar-refractivity contribution >= 4 is 22.9 Å². The molecule has 1 fully saturated rings. The molecule has 1 aliphatic carbocycles. The predicted octanol–water partition coefficient (Wildman–Crippen LogP) is 2.06. The molecule has 1 heterocycles. The van der Waals surface area contributed by atoms with Gasteiger partial charge < -0.3 is 14.6 Å². The lowest BCUT2D eigenvalue weighted by Gasteiger charge is -2.18. The van der Waals surface area contributed by atoms with Gasteiger partial charge in [-0.15, -0.1) is 0 Å². The van der Waals surface area contributed by atoms with Crippen LogP contribution in [0.2, 0.25) is 0 Å². The Balaban J connectivity index is 1.73. The van der Waals surface area contributed by atoms with E-state index in [4.69, 9.17) is 4.74 Å². The van der Waals surface area contributed by atoms with Crippen molar-refractivity contribution in [2.45, 2.75) is 45.2 Å². The molecule has 2 aromatic rings. The minimum absolute atomic E-state index is 0.0892. The number of hydrogen-bond acceptors (Lipinski definition) is 4. The lowest BCUT2D eigenvalue weighted by molar-refractivity contribution is -0.141. The van der Waals surface area contributed by atoms with Crippen LogP contribution in [0.15, 0.2) is 24.3 Å². The van der Waals surface area contributed by atoms with Crippen LogP contribution in [0.5, 0.6) is 0 Å². The lowest BCUT2D eigenvalue weighted by Crippen LogP contribution is -2.40. The number of carbonyl (C=O) groups is 2. The van der Waals surface area contributed by atoms with E-state index in [1.807, 2.05) is 35.8 Å². The Morgan fingerprint density at radius 2 is 2.12 bits per heavy atom. The van der Waals surface area contributed by atoms with Gasteiger partial charge in [0.25, 0.3) is 0 Å². The monoisotopic (exact) mass is 329 g/mol. The highest BCUT2D eigenvalue weighted by Crippen LogP contribution is 2.34. The number of methoxy groups -OCH3 is 1. The third-order valence-electron chi connectivity index (χ3n) is 4.50. The highest BCUT2D eigenvalue weighted by molar-refractivity contribution is 5.82. The smallest absolute Gasteiger partial charge is 0.307 e. The molecule has 1 atom stereocenters. The highest BCUT2D eigenvalue weighted by atomic mass is 16.5. The van der Waals surface area contributed by atoms with E-state index in [-0.39, 0.29) is 30.9 Å². The van der Waals surface area contributed by atoms with Crippen LogP contribution in [0.1, 0.15) is 32.0 Å². The number of rotatable bonds is 7. The summed E-state index contributed by atoms with van der Waals surface area (Å²) in [5, 5.41) is 3.01. The summed E-state index contributed by atoms with van der Waals surface area (Å²) in [4.78, 5) is 28.6. The van der Waals surface area contributed by atoms with Gasteiger partial charge >= 0.3 is 5.97 Å². The fourth-order valence-corrected chi connectivity index (χ4v) is 3.06. The number of imidazole rings is 1. The average Bonchev–Trinajstić information content (AvgIpc) is 3.37.